The molecule has 1 aliphatic heterocycles. The fourth-order valence-corrected chi connectivity index (χ4v) is 3.26. The van der Waals surface area contributed by atoms with Crippen LogP contribution in [0.1, 0.15) is 32.6 Å². The zero-order chi connectivity index (χ0) is 15.5. The third-order valence-corrected chi connectivity index (χ3v) is 4.47. The molecule has 1 aliphatic rings. The van der Waals surface area contributed by atoms with Gasteiger partial charge in [0.05, 0.1) is 11.7 Å². The summed E-state index contributed by atoms with van der Waals surface area (Å²) in [4.78, 5) is 26.5. The van der Waals surface area contributed by atoms with Gasteiger partial charge in [-0.1, -0.05) is 19.1 Å². The van der Waals surface area contributed by atoms with Crippen LogP contribution >= 0.6 is 0 Å². The molecule has 1 aromatic carbocycles. The standard InChI is InChI=1S/C17H21N3O2/c1-2-13-7-5-6-10-19(13)17(22)12-20-15-9-4-3-8-14(15)16(21)11-18-20/h3-4,8-9,11,13H,2,5-7,10,12H2,1H3. The maximum absolute atomic E-state index is 12.7. The van der Waals surface area contributed by atoms with Crippen LogP contribution in [0.2, 0.25) is 0 Å². The second-order valence-corrected chi connectivity index (χ2v) is 5.83. The zero-order valence-electron chi connectivity index (χ0n) is 12.9. The lowest BCUT2D eigenvalue weighted by molar-refractivity contribution is -0.135. The minimum Gasteiger partial charge on any atom is -0.338 e. The molecule has 1 fully saturated rings. The van der Waals surface area contributed by atoms with E-state index in [0.29, 0.717) is 16.9 Å². The maximum Gasteiger partial charge on any atom is 0.244 e. The Morgan fingerprint density at radius 2 is 2.14 bits per heavy atom. The van der Waals surface area contributed by atoms with Crippen LogP contribution < -0.4 is 5.43 Å². The van der Waals surface area contributed by atoms with Crippen molar-refractivity contribution in [1.82, 2.24) is 14.7 Å². The van der Waals surface area contributed by atoms with Crippen LogP contribution in [-0.2, 0) is 11.3 Å². The van der Waals surface area contributed by atoms with Crippen molar-refractivity contribution in [1.29, 1.82) is 0 Å². The molecule has 1 saturated heterocycles. The topological polar surface area (TPSA) is 55.2 Å². The Labute approximate surface area is 129 Å². The van der Waals surface area contributed by atoms with Gasteiger partial charge in [-0.25, -0.2) is 0 Å². The highest BCUT2D eigenvalue weighted by Gasteiger charge is 2.25. The molecule has 0 saturated carbocycles. The van der Waals surface area contributed by atoms with E-state index in [1.54, 1.807) is 10.7 Å². The zero-order valence-corrected chi connectivity index (χ0v) is 12.9. The molecular weight excluding hydrogens is 278 g/mol. The van der Waals surface area contributed by atoms with E-state index in [1.807, 2.05) is 23.1 Å². The van der Waals surface area contributed by atoms with Gasteiger partial charge in [-0.3, -0.25) is 14.3 Å². The van der Waals surface area contributed by atoms with Crippen LogP contribution in [0.15, 0.2) is 35.3 Å². The molecule has 1 aromatic heterocycles. The molecule has 0 radical (unpaired) electrons. The van der Waals surface area contributed by atoms with Crippen molar-refractivity contribution in [2.24, 2.45) is 0 Å². The van der Waals surface area contributed by atoms with Crippen LogP contribution in [0.3, 0.4) is 0 Å². The Bertz CT molecular complexity index is 738. The van der Waals surface area contributed by atoms with Crippen molar-refractivity contribution in [3.05, 3.63) is 40.7 Å². The Morgan fingerprint density at radius 3 is 2.95 bits per heavy atom. The van der Waals surface area contributed by atoms with Crippen LogP contribution in [0.4, 0.5) is 0 Å². The summed E-state index contributed by atoms with van der Waals surface area (Å²) >= 11 is 0. The number of para-hydroxylation sites is 1. The van der Waals surface area contributed by atoms with E-state index < -0.39 is 0 Å². The molecule has 2 aromatic rings. The maximum atomic E-state index is 12.7. The summed E-state index contributed by atoms with van der Waals surface area (Å²) in [5.41, 5.74) is 0.608. The first-order valence-electron chi connectivity index (χ1n) is 7.95. The summed E-state index contributed by atoms with van der Waals surface area (Å²) in [5, 5.41) is 4.76. The normalized spacial score (nSPS) is 18.6. The molecule has 0 bridgehead atoms. The van der Waals surface area contributed by atoms with Gasteiger partial charge in [0.1, 0.15) is 6.54 Å². The van der Waals surface area contributed by atoms with E-state index in [0.717, 1.165) is 25.8 Å². The average molecular weight is 299 g/mol. The van der Waals surface area contributed by atoms with E-state index in [-0.39, 0.29) is 17.9 Å². The van der Waals surface area contributed by atoms with E-state index >= 15 is 0 Å². The smallest absolute Gasteiger partial charge is 0.244 e. The van der Waals surface area contributed by atoms with Crippen LogP contribution in [0.25, 0.3) is 10.9 Å². The number of carbonyl (C=O) groups is 1. The lowest BCUT2D eigenvalue weighted by Gasteiger charge is -2.35. The van der Waals surface area contributed by atoms with Gasteiger partial charge in [-0.05, 0) is 37.8 Å². The van der Waals surface area contributed by atoms with E-state index in [1.165, 1.54) is 12.6 Å². The summed E-state index contributed by atoms with van der Waals surface area (Å²) in [7, 11) is 0. The van der Waals surface area contributed by atoms with Crippen molar-refractivity contribution in [2.75, 3.05) is 6.54 Å². The predicted molar refractivity (Wildman–Crippen MR) is 85.6 cm³/mol. The number of piperidine rings is 1. The average Bonchev–Trinajstić information content (AvgIpc) is 2.57. The fraction of sp³-hybridized carbons (Fsp3) is 0.471. The number of likely N-dealkylation sites (tertiary alicyclic amines) is 1. The summed E-state index contributed by atoms with van der Waals surface area (Å²) < 4.78 is 1.64. The first kappa shape index (κ1) is 14.8. The fourth-order valence-electron chi connectivity index (χ4n) is 3.26. The Kier molecular flexibility index (Phi) is 4.22. The highest BCUT2D eigenvalue weighted by atomic mass is 16.2. The summed E-state index contributed by atoms with van der Waals surface area (Å²) in [6.07, 6.45) is 5.63. The molecule has 5 nitrogen and oxygen atoms in total. The highest BCUT2D eigenvalue weighted by Crippen LogP contribution is 2.20. The van der Waals surface area contributed by atoms with Gasteiger partial charge in [-0.2, -0.15) is 5.10 Å². The molecule has 22 heavy (non-hydrogen) atoms. The van der Waals surface area contributed by atoms with Gasteiger partial charge in [-0.15, -0.1) is 0 Å². The van der Waals surface area contributed by atoms with Crippen molar-refractivity contribution in [2.45, 2.75) is 45.2 Å². The molecule has 5 heteroatoms. The van der Waals surface area contributed by atoms with Gasteiger partial charge in [0.2, 0.25) is 11.3 Å². The Hall–Kier alpha value is -2.17. The summed E-state index contributed by atoms with van der Waals surface area (Å²) in [5.74, 6) is 0.0906. The van der Waals surface area contributed by atoms with Crippen molar-refractivity contribution in [3.8, 4) is 0 Å². The number of hydrogen-bond acceptors (Lipinski definition) is 3. The molecule has 116 valence electrons. The minimum absolute atomic E-state index is 0.0906. The van der Waals surface area contributed by atoms with E-state index in [9.17, 15) is 9.59 Å². The highest BCUT2D eigenvalue weighted by molar-refractivity contribution is 5.81. The number of amides is 1. The Morgan fingerprint density at radius 1 is 1.32 bits per heavy atom. The lowest BCUT2D eigenvalue weighted by atomic mass is 10.00. The summed E-state index contributed by atoms with van der Waals surface area (Å²) in [6.45, 7) is 3.15. The SMILES string of the molecule is CCC1CCCCN1C(=O)Cn1ncc(=O)c2ccccc21. The number of aromatic nitrogens is 2. The van der Waals surface area contributed by atoms with Crippen molar-refractivity contribution < 1.29 is 4.79 Å². The molecule has 0 aliphatic carbocycles. The second kappa shape index (κ2) is 6.30. The largest absolute Gasteiger partial charge is 0.338 e. The third kappa shape index (κ3) is 2.75. The molecule has 0 N–H and O–H groups in total. The predicted octanol–water partition coefficient (Wildman–Crippen LogP) is 2.19. The number of nitrogens with zero attached hydrogens (tertiary/aromatic N) is 3. The van der Waals surface area contributed by atoms with Gasteiger partial charge < -0.3 is 4.90 Å². The van der Waals surface area contributed by atoms with E-state index in [4.69, 9.17) is 0 Å². The van der Waals surface area contributed by atoms with Gasteiger partial charge >= 0.3 is 0 Å². The quantitative estimate of drug-likeness (QED) is 0.873. The van der Waals surface area contributed by atoms with Crippen LogP contribution in [-0.4, -0.2) is 33.2 Å². The third-order valence-electron chi connectivity index (χ3n) is 4.47. The number of fused-ring (bicyclic) bond motifs is 1. The first-order chi connectivity index (χ1) is 10.7. The first-order valence-corrected chi connectivity index (χ1v) is 7.95. The number of carbonyl (C=O) groups excluding carboxylic acids is 1. The monoisotopic (exact) mass is 299 g/mol. The second-order valence-electron chi connectivity index (χ2n) is 5.83. The molecule has 1 atom stereocenters. The molecule has 3 rings (SSSR count). The van der Waals surface area contributed by atoms with Crippen LogP contribution in [0, 0.1) is 0 Å². The van der Waals surface area contributed by atoms with Crippen molar-refractivity contribution >= 4 is 16.8 Å². The molecular formula is C17H21N3O2. The number of hydrogen-bond donors (Lipinski definition) is 0. The van der Waals surface area contributed by atoms with Crippen molar-refractivity contribution in [3.63, 3.8) is 0 Å². The van der Waals surface area contributed by atoms with E-state index in [2.05, 4.69) is 12.0 Å². The van der Waals surface area contributed by atoms with Gasteiger partial charge in [0, 0.05) is 18.0 Å². The molecule has 0 spiro atoms. The molecule has 2 heterocycles. The van der Waals surface area contributed by atoms with Gasteiger partial charge in [0.15, 0.2) is 0 Å². The van der Waals surface area contributed by atoms with Crippen LogP contribution in [0.5, 0.6) is 0 Å². The minimum atomic E-state index is -0.108. The number of rotatable bonds is 3. The molecule has 1 unspecified atom stereocenters. The number of benzene rings is 1. The summed E-state index contributed by atoms with van der Waals surface area (Å²) in [6, 6.07) is 7.64. The Balaban J connectivity index is 1.88. The lowest BCUT2D eigenvalue weighted by Crippen LogP contribution is -2.45. The van der Waals surface area contributed by atoms with Gasteiger partial charge in [0.25, 0.3) is 0 Å². The molecule has 1 amide bonds.